The van der Waals surface area contributed by atoms with Gasteiger partial charge in [0.15, 0.2) is 31.1 Å². The van der Waals surface area contributed by atoms with Gasteiger partial charge in [-0.1, -0.05) is 76.6 Å². The van der Waals surface area contributed by atoms with E-state index in [9.17, 15) is 55.2 Å². The van der Waals surface area contributed by atoms with Crippen LogP contribution in [-0.4, -0.2) is 176 Å². The average Bonchev–Trinajstić information content (AvgIpc) is 3.59. The number of ketones is 1. The number of carbonyl (C=O) groups is 3. The highest BCUT2D eigenvalue weighted by atomic mass is 16.8. The van der Waals surface area contributed by atoms with Crippen LogP contribution in [0.4, 0.5) is 0 Å². The number of aliphatic hydroxyl groups excluding tert-OH is 7. The van der Waals surface area contributed by atoms with Crippen molar-refractivity contribution in [2.75, 3.05) is 19.8 Å². The van der Waals surface area contributed by atoms with Crippen LogP contribution in [-0.2, 0) is 52.3 Å². The van der Waals surface area contributed by atoms with Gasteiger partial charge in [-0.15, -0.1) is 0 Å². The number of hydrogen-bond acceptors (Lipinski definition) is 19. The number of Topliss-reactive ketones (excluding diaryl/α,β-unsaturated/α-hetero) is 1. The van der Waals surface area contributed by atoms with E-state index in [-0.39, 0.29) is 47.4 Å². The molecule has 4 aliphatic carbocycles. The lowest BCUT2D eigenvalue weighted by molar-refractivity contribution is -0.346. The third-order valence-electron chi connectivity index (χ3n) is 17.8. The molecule has 22 atom stereocenters. The van der Waals surface area contributed by atoms with Crippen LogP contribution in [0.3, 0.4) is 0 Å². The van der Waals surface area contributed by atoms with Crippen LogP contribution in [0.2, 0.25) is 0 Å². The Hall–Kier alpha value is -3.25. The largest absolute Gasteiger partial charge is 0.454 e. The number of esters is 2. The summed E-state index contributed by atoms with van der Waals surface area (Å²) >= 11 is 0. The SMILES string of the molecule is CC(=O)O[C@H]1[C@H](O[C@H]2C[C@H]3[C@@H]4CC=C5C[C@@H](O[C@@H]6O[C@@H](CO)[C@@H](O)[C@H](O)[C@@H]6O)CC[C@]5(C)[C@H]4CC[C@]3(C)[C@@]2(O)[C@H](C)C(=O)CCC(C)C)OC[C@H](O)[C@H]1O[C@@H]1OC[C@@H](O)[C@H](O)[C@@H]1OC(=O)/C=C/c1ccccc1. The molecule has 0 aromatic heterocycles. The molecule has 0 radical (unpaired) electrons. The quantitative estimate of drug-likeness (QED) is 0.0669. The van der Waals surface area contributed by atoms with Crippen LogP contribution in [0.15, 0.2) is 48.1 Å². The third-order valence-corrected chi connectivity index (χ3v) is 17.8. The molecule has 73 heavy (non-hydrogen) atoms. The lowest BCUT2D eigenvalue weighted by Crippen LogP contribution is -2.64. The fourth-order valence-electron chi connectivity index (χ4n) is 13.6. The van der Waals surface area contributed by atoms with Gasteiger partial charge in [0.05, 0.1) is 32.0 Å². The van der Waals surface area contributed by atoms with Crippen LogP contribution in [0.1, 0.15) is 105 Å². The van der Waals surface area contributed by atoms with Gasteiger partial charge in [0.1, 0.15) is 60.2 Å². The Morgan fingerprint density at radius 1 is 0.795 bits per heavy atom. The van der Waals surface area contributed by atoms with E-state index in [1.165, 1.54) is 11.6 Å². The molecule has 19 nitrogen and oxygen atoms in total. The summed E-state index contributed by atoms with van der Waals surface area (Å²) < 4.78 is 48.5. The summed E-state index contributed by atoms with van der Waals surface area (Å²) in [5.74, 6) is -2.39. The molecule has 3 saturated carbocycles. The zero-order valence-corrected chi connectivity index (χ0v) is 42.7. The van der Waals surface area contributed by atoms with Crippen LogP contribution in [0.25, 0.3) is 6.08 Å². The van der Waals surface area contributed by atoms with Gasteiger partial charge in [0, 0.05) is 30.8 Å². The molecule has 3 saturated heterocycles. The fraction of sp³-hybridized carbons (Fsp3) is 0.759. The Kier molecular flexibility index (Phi) is 17.4. The second kappa shape index (κ2) is 22.8. The van der Waals surface area contributed by atoms with Gasteiger partial charge >= 0.3 is 11.9 Å². The van der Waals surface area contributed by atoms with Gasteiger partial charge in [-0.05, 0) is 92.1 Å². The second-order valence-corrected chi connectivity index (χ2v) is 22.6. The predicted octanol–water partition coefficient (Wildman–Crippen LogP) is 2.24. The van der Waals surface area contributed by atoms with E-state index in [1.54, 1.807) is 31.2 Å². The first-order chi connectivity index (χ1) is 34.6. The highest BCUT2D eigenvalue weighted by molar-refractivity contribution is 5.87. The van der Waals surface area contributed by atoms with Crippen molar-refractivity contribution < 1.29 is 93.1 Å². The van der Waals surface area contributed by atoms with Crippen LogP contribution in [0.5, 0.6) is 0 Å². The molecular weight excluding hydrogens is 953 g/mol. The molecule has 0 unspecified atom stereocenters. The maximum absolute atomic E-state index is 14.3. The molecular formula is C54H78O19. The molecule has 0 amide bonds. The highest BCUT2D eigenvalue weighted by Crippen LogP contribution is 2.69. The fourth-order valence-corrected chi connectivity index (χ4v) is 13.6. The minimum Gasteiger partial charge on any atom is -0.454 e. The Balaban J connectivity index is 1.05. The summed E-state index contributed by atoms with van der Waals surface area (Å²) in [6, 6.07) is 8.94. The zero-order chi connectivity index (χ0) is 52.7. The van der Waals surface area contributed by atoms with Crippen molar-refractivity contribution in [3.8, 4) is 0 Å². The van der Waals surface area contributed by atoms with Crippen molar-refractivity contribution in [1.29, 1.82) is 0 Å². The average molecular weight is 1030 g/mol. The second-order valence-electron chi connectivity index (χ2n) is 22.6. The van der Waals surface area contributed by atoms with Crippen LogP contribution in [0, 0.1) is 40.4 Å². The number of rotatable bonds is 16. The summed E-state index contributed by atoms with van der Waals surface area (Å²) in [4.78, 5) is 40.4. The first-order valence-corrected chi connectivity index (χ1v) is 26.2. The molecule has 3 heterocycles. The van der Waals surface area contributed by atoms with Gasteiger partial charge in [0.25, 0.3) is 0 Å². The Morgan fingerprint density at radius 3 is 2.18 bits per heavy atom. The van der Waals surface area contributed by atoms with Crippen molar-refractivity contribution in [3.05, 3.63) is 53.6 Å². The Morgan fingerprint density at radius 2 is 1.49 bits per heavy atom. The number of benzene rings is 1. The molecule has 8 rings (SSSR count). The van der Waals surface area contributed by atoms with Crippen LogP contribution < -0.4 is 0 Å². The normalized spacial score (nSPS) is 44.1. The monoisotopic (exact) mass is 1030 g/mol. The van der Waals surface area contributed by atoms with E-state index >= 15 is 0 Å². The standard InChI is InChI=1S/C54H78O19/c1-27(2)12-16-36(57)28(3)54(65)40(23-35-33-15-14-31-22-32(18-20-52(31,5)34(33)19-21-53(35,54)6)69-49-45(64)44(63)43(62)39(24-55)70-49)71-51-48(68-29(4)56)46(38(59)26-67-51)73-50-47(42(61)37(58)25-66-50)72-41(60)17-13-30-10-8-7-9-11-30/h7-11,13-14,17,27-28,32-35,37-40,42-51,55,58-59,61-65H,12,15-16,18-26H2,1-6H3/b17-13+/t28-,32+,33-,34+,35+,37-,38+,39+,40+,42+,43-,44+,45+,46-,47+,48-,49-,50+,51+,52+,53+,54-/m1/s1. The number of carbonyl (C=O) groups excluding carboxylic acids is 3. The van der Waals surface area contributed by atoms with Crippen molar-refractivity contribution in [3.63, 3.8) is 0 Å². The lowest BCUT2D eigenvalue weighted by atomic mass is 9.46. The molecule has 19 heteroatoms. The van der Waals surface area contributed by atoms with E-state index in [0.29, 0.717) is 44.1 Å². The number of ether oxygens (including phenoxy) is 8. The molecule has 8 N–H and O–H groups in total. The first kappa shape index (κ1) is 56.0. The first-order valence-electron chi connectivity index (χ1n) is 26.2. The van der Waals surface area contributed by atoms with E-state index < -0.39 is 135 Å². The molecule has 1 aromatic rings. The maximum Gasteiger partial charge on any atom is 0.331 e. The third kappa shape index (κ3) is 11.0. The smallest absolute Gasteiger partial charge is 0.331 e. The van der Waals surface area contributed by atoms with Crippen molar-refractivity contribution >= 4 is 23.8 Å². The molecule has 7 aliphatic rings. The van der Waals surface area contributed by atoms with E-state index in [1.807, 2.05) is 26.8 Å². The minimum atomic E-state index is -1.76. The van der Waals surface area contributed by atoms with Crippen molar-refractivity contribution in [1.82, 2.24) is 0 Å². The topological polar surface area (TPSA) is 287 Å². The maximum atomic E-state index is 14.3. The van der Waals surface area contributed by atoms with E-state index in [4.69, 9.17) is 37.9 Å². The molecule has 0 spiro atoms. The molecule has 408 valence electrons. The van der Waals surface area contributed by atoms with Crippen LogP contribution >= 0.6 is 0 Å². The summed E-state index contributed by atoms with van der Waals surface area (Å²) in [5, 5.41) is 88.0. The zero-order valence-electron chi connectivity index (χ0n) is 42.7. The molecule has 1 aromatic carbocycles. The Labute approximate surface area is 426 Å². The van der Waals surface area contributed by atoms with Gasteiger partial charge in [-0.25, -0.2) is 4.79 Å². The van der Waals surface area contributed by atoms with E-state index in [2.05, 4.69) is 13.0 Å². The van der Waals surface area contributed by atoms with Gasteiger partial charge < -0.3 is 78.7 Å². The minimum absolute atomic E-state index is 0.0513. The Bertz CT molecular complexity index is 2140. The highest BCUT2D eigenvalue weighted by Gasteiger charge is 2.71. The number of allylic oxidation sites excluding steroid dienone is 1. The summed E-state index contributed by atoms with van der Waals surface area (Å²) in [6.45, 7) is 9.91. The number of aliphatic hydroxyl groups is 8. The molecule has 6 fully saturated rings. The van der Waals surface area contributed by atoms with E-state index in [0.717, 1.165) is 25.8 Å². The number of fused-ring (bicyclic) bond motifs is 5. The molecule has 3 aliphatic heterocycles. The van der Waals surface area contributed by atoms with Gasteiger partial charge in [-0.2, -0.15) is 0 Å². The summed E-state index contributed by atoms with van der Waals surface area (Å²) in [7, 11) is 0. The lowest BCUT2D eigenvalue weighted by Gasteiger charge is -2.59. The van der Waals surface area contributed by atoms with Crippen molar-refractivity contribution in [2.24, 2.45) is 40.4 Å². The summed E-state index contributed by atoms with van der Waals surface area (Å²) in [5.41, 5.74) is -0.971. The number of hydrogen-bond donors (Lipinski definition) is 8. The summed E-state index contributed by atoms with van der Waals surface area (Å²) in [6.07, 6.45) is -10.7. The van der Waals surface area contributed by atoms with Gasteiger partial charge in [-0.3, -0.25) is 9.59 Å². The predicted molar refractivity (Wildman–Crippen MR) is 257 cm³/mol. The van der Waals surface area contributed by atoms with Crippen molar-refractivity contribution in [2.45, 2.75) is 197 Å². The molecule has 0 bridgehead atoms. The van der Waals surface area contributed by atoms with Gasteiger partial charge in [0.2, 0.25) is 0 Å².